The summed E-state index contributed by atoms with van der Waals surface area (Å²) in [6, 6.07) is 5.19. The third-order valence-electron chi connectivity index (χ3n) is 7.08. The van der Waals surface area contributed by atoms with Crippen LogP contribution in [0, 0.1) is 13.8 Å². The van der Waals surface area contributed by atoms with Crippen LogP contribution in [-0.2, 0) is 4.79 Å². The van der Waals surface area contributed by atoms with Gasteiger partial charge in [0.2, 0.25) is 0 Å². The molecule has 9 heteroatoms. The molecule has 8 nitrogen and oxygen atoms in total. The van der Waals surface area contributed by atoms with Gasteiger partial charge >= 0.3 is 0 Å². The van der Waals surface area contributed by atoms with Crippen molar-refractivity contribution in [3.8, 4) is 0 Å². The zero-order valence-corrected chi connectivity index (χ0v) is 27.9. The summed E-state index contributed by atoms with van der Waals surface area (Å²) in [7, 11) is 3.45. The van der Waals surface area contributed by atoms with Gasteiger partial charge < -0.3 is 16.4 Å². The molecule has 0 fully saturated rings. The number of carbonyl (C=O) groups excluding carboxylic acids is 2. The molecule has 1 aliphatic rings. The van der Waals surface area contributed by atoms with E-state index >= 15 is 0 Å². The van der Waals surface area contributed by atoms with Crippen LogP contribution in [0.3, 0.4) is 0 Å². The average molecular weight is 595 g/mol. The molecule has 3 rings (SSSR count). The van der Waals surface area contributed by atoms with Crippen molar-refractivity contribution in [2.45, 2.75) is 74.8 Å². The van der Waals surface area contributed by atoms with Crippen LogP contribution in [-0.4, -0.2) is 59.8 Å². The number of benzene rings is 1. The van der Waals surface area contributed by atoms with E-state index in [0.717, 1.165) is 35.7 Å². The standard InChI is InChI=1S/C30H39FN6O2.2C2H6/c1-18(15-25-21(4)34-11-8-27(25)37(31)28(38)16-20(3)32)22(5)36-12-9-23(10-13-36)29-19(2)14-24(17-26(29)33)30(39)35(6)7;2*1-2/h8-9,11,14-17,22H,10,12-13,32-33H2,1-7H3;2*1-2H3/b18-15+,20-16+;;. The highest BCUT2D eigenvalue weighted by Crippen LogP contribution is 2.33. The fourth-order valence-electron chi connectivity index (χ4n) is 4.82. The Balaban J connectivity index is 0.00000221. The van der Waals surface area contributed by atoms with E-state index < -0.39 is 5.91 Å². The van der Waals surface area contributed by atoms with Crippen LogP contribution in [0.15, 0.2) is 47.8 Å². The summed E-state index contributed by atoms with van der Waals surface area (Å²) < 4.78 is 15.0. The highest BCUT2D eigenvalue weighted by Gasteiger charge is 2.23. The van der Waals surface area contributed by atoms with E-state index in [9.17, 15) is 14.1 Å². The van der Waals surface area contributed by atoms with Gasteiger partial charge in [-0.15, -0.1) is 5.12 Å². The van der Waals surface area contributed by atoms with Crippen molar-refractivity contribution in [2.75, 3.05) is 38.0 Å². The number of allylic oxidation sites excluding steroid dienone is 1. The van der Waals surface area contributed by atoms with Crippen LogP contribution in [0.1, 0.15) is 87.6 Å². The van der Waals surface area contributed by atoms with Crippen molar-refractivity contribution in [3.05, 3.63) is 75.8 Å². The van der Waals surface area contributed by atoms with Gasteiger partial charge in [0.1, 0.15) is 0 Å². The number of nitrogens with two attached hydrogens (primary N) is 2. The van der Waals surface area contributed by atoms with Crippen molar-refractivity contribution in [3.63, 3.8) is 0 Å². The van der Waals surface area contributed by atoms with E-state index in [1.54, 1.807) is 32.0 Å². The van der Waals surface area contributed by atoms with Crippen LogP contribution in [0.5, 0.6) is 0 Å². The topological polar surface area (TPSA) is 109 Å². The third kappa shape index (κ3) is 9.51. The summed E-state index contributed by atoms with van der Waals surface area (Å²) in [5.74, 6) is -0.919. The molecule has 236 valence electrons. The van der Waals surface area contributed by atoms with Gasteiger partial charge in [0, 0.05) is 79.3 Å². The maximum absolute atomic E-state index is 15.0. The molecule has 1 aromatic heterocycles. The smallest absolute Gasteiger partial charge is 0.280 e. The average Bonchev–Trinajstić information content (AvgIpc) is 2.98. The zero-order chi connectivity index (χ0) is 33.0. The molecule has 43 heavy (non-hydrogen) atoms. The summed E-state index contributed by atoms with van der Waals surface area (Å²) in [4.78, 5) is 32.8. The number of nitrogens with zero attached hydrogens (tertiary/aromatic N) is 4. The van der Waals surface area contributed by atoms with E-state index in [1.165, 1.54) is 24.8 Å². The largest absolute Gasteiger partial charge is 0.402 e. The Morgan fingerprint density at radius 3 is 2.26 bits per heavy atom. The zero-order valence-electron chi connectivity index (χ0n) is 27.9. The Kier molecular flexibility index (Phi) is 14.8. The van der Waals surface area contributed by atoms with Gasteiger partial charge in [-0.25, -0.2) is 0 Å². The molecule has 2 amide bonds. The molecule has 0 saturated carbocycles. The third-order valence-corrected chi connectivity index (χ3v) is 7.08. The monoisotopic (exact) mass is 594 g/mol. The van der Waals surface area contributed by atoms with Gasteiger partial charge in [0.05, 0.1) is 5.69 Å². The first-order valence-corrected chi connectivity index (χ1v) is 14.9. The van der Waals surface area contributed by atoms with Gasteiger partial charge in [-0.3, -0.25) is 19.5 Å². The molecule has 1 aromatic carbocycles. The number of halogens is 1. The quantitative estimate of drug-likeness (QED) is 0.210. The fourth-order valence-corrected chi connectivity index (χ4v) is 4.82. The maximum Gasteiger partial charge on any atom is 0.280 e. The number of rotatable bonds is 7. The predicted molar refractivity (Wildman–Crippen MR) is 179 cm³/mol. The molecule has 0 radical (unpaired) electrons. The number of nitrogen functional groups attached to an aromatic ring is 1. The number of carbonyl (C=O) groups is 2. The number of anilines is 2. The molecule has 0 saturated heterocycles. The summed E-state index contributed by atoms with van der Waals surface area (Å²) in [6.07, 6.45) is 7.41. The molecule has 2 heterocycles. The highest BCUT2D eigenvalue weighted by molar-refractivity contribution is 6.01. The van der Waals surface area contributed by atoms with E-state index in [4.69, 9.17) is 11.5 Å². The van der Waals surface area contributed by atoms with Crippen molar-refractivity contribution in [1.82, 2.24) is 14.8 Å². The van der Waals surface area contributed by atoms with Gasteiger partial charge in [-0.2, -0.15) is 0 Å². The van der Waals surface area contributed by atoms with Crippen LogP contribution in [0.2, 0.25) is 0 Å². The first kappa shape index (κ1) is 37.0. The molecule has 0 aliphatic carbocycles. The Bertz CT molecular complexity index is 1340. The van der Waals surface area contributed by atoms with Gasteiger partial charge in [0.25, 0.3) is 11.8 Å². The number of pyridine rings is 1. The summed E-state index contributed by atoms with van der Waals surface area (Å²) >= 11 is 0. The fraction of sp³-hybridized carbons (Fsp3) is 0.441. The van der Waals surface area contributed by atoms with E-state index in [-0.39, 0.29) is 28.5 Å². The second kappa shape index (κ2) is 17.2. The molecule has 4 N–H and O–H groups in total. The summed E-state index contributed by atoms with van der Waals surface area (Å²) in [5, 5.41) is 0.106. The van der Waals surface area contributed by atoms with Crippen molar-refractivity contribution < 1.29 is 14.1 Å². The van der Waals surface area contributed by atoms with E-state index in [0.29, 0.717) is 29.1 Å². The van der Waals surface area contributed by atoms with Crippen LogP contribution in [0.25, 0.3) is 11.6 Å². The second-order valence-corrected chi connectivity index (χ2v) is 10.3. The van der Waals surface area contributed by atoms with Gasteiger partial charge in [0.15, 0.2) is 0 Å². The number of amides is 2. The molecule has 0 spiro atoms. The van der Waals surface area contributed by atoms with Crippen LogP contribution >= 0.6 is 0 Å². The predicted octanol–water partition coefficient (Wildman–Crippen LogP) is 6.70. The van der Waals surface area contributed by atoms with Crippen molar-refractivity contribution in [2.24, 2.45) is 5.73 Å². The lowest BCUT2D eigenvalue weighted by Gasteiger charge is -2.33. The normalized spacial score (nSPS) is 14.4. The van der Waals surface area contributed by atoms with Crippen molar-refractivity contribution in [1.29, 1.82) is 0 Å². The lowest BCUT2D eigenvalue weighted by Crippen LogP contribution is -2.37. The van der Waals surface area contributed by atoms with Crippen LogP contribution < -0.4 is 16.6 Å². The Hall–Kier alpha value is -3.98. The first-order valence-electron chi connectivity index (χ1n) is 14.9. The Morgan fingerprint density at radius 2 is 1.74 bits per heavy atom. The highest BCUT2D eigenvalue weighted by atomic mass is 19.2. The summed E-state index contributed by atoms with van der Waals surface area (Å²) in [6.45, 7) is 18.9. The molecular weight excluding hydrogens is 543 g/mol. The number of aromatic nitrogens is 1. The molecule has 2 aromatic rings. The van der Waals surface area contributed by atoms with E-state index in [1.807, 2.05) is 53.7 Å². The minimum Gasteiger partial charge on any atom is -0.402 e. The number of aryl methyl sites for hydroxylation is 2. The lowest BCUT2D eigenvalue weighted by molar-refractivity contribution is -0.116. The first-order chi connectivity index (χ1) is 20.3. The van der Waals surface area contributed by atoms with Gasteiger partial charge in [-0.05, 0) is 70.4 Å². The summed E-state index contributed by atoms with van der Waals surface area (Å²) in [5.41, 5.74) is 18.8. The molecule has 1 aliphatic heterocycles. The van der Waals surface area contributed by atoms with Crippen molar-refractivity contribution >= 4 is 34.8 Å². The SMILES string of the molecule is C/C(N)=C\C(=O)N(F)c1ccnc(C)c1/C=C(\C)C(C)N1CC=C(c2c(C)cc(C(=O)N(C)C)cc2N)CC1.CC.CC. The number of hydrogen-bond acceptors (Lipinski definition) is 6. The van der Waals surface area contributed by atoms with Gasteiger partial charge in [-0.1, -0.05) is 49.9 Å². The maximum atomic E-state index is 15.0. The molecule has 1 atom stereocenters. The molecule has 0 bridgehead atoms. The minimum absolute atomic E-state index is 0.0590. The second-order valence-electron chi connectivity index (χ2n) is 10.3. The van der Waals surface area contributed by atoms with E-state index in [2.05, 4.69) is 22.9 Å². The Morgan fingerprint density at radius 1 is 1.12 bits per heavy atom. The minimum atomic E-state index is -0.844. The number of hydrogen-bond donors (Lipinski definition) is 2. The molecular formula is C34H51FN6O2. The lowest BCUT2D eigenvalue weighted by atomic mass is 9.91. The molecule has 1 unspecified atom stereocenters. The van der Waals surface area contributed by atoms with Crippen LogP contribution in [0.4, 0.5) is 15.9 Å². The Labute approximate surface area is 257 Å².